The minimum absolute atomic E-state index is 0.120. The summed E-state index contributed by atoms with van der Waals surface area (Å²) in [5, 5.41) is 22.2. The van der Waals surface area contributed by atoms with Crippen LogP contribution in [0.5, 0.6) is 5.75 Å². The zero-order chi connectivity index (χ0) is 21.0. The van der Waals surface area contributed by atoms with Gasteiger partial charge >= 0.3 is 5.97 Å². The molecule has 1 aliphatic heterocycles. The van der Waals surface area contributed by atoms with E-state index in [1.165, 1.54) is 17.7 Å². The van der Waals surface area contributed by atoms with E-state index in [9.17, 15) is 14.7 Å². The Morgan fingerprint density at radius 1 is 1.17 bits per heavy atom. The van der Waals surface area contributed by atoms with Crippen LogP contribution in [0.4, 0.5) is 5.69 Å². The number of ether oxygens (including phenoxy) is 1. The first kappa shape index (κ1) is 20.8. The van der Waals surface area contributed by atoms with Crippen LogP contribution >= 0.6 is 0 Å². The van der Waals surface area contributed by atoms with Crippen LogP contribution in [0.25, 0.3) is 0 Å². The van der Waals surface area contributed by atoms with Gasteiger partial charge in [0.2, 0.25) is 5.91 Å². The van der Waals surface area contributed by atoms with Gasteiger partial charge in [-0.15, -0.1) is 0 Å². The Hall–Kier alpha value is -2.90. The fourth-order valence-corrected chi connectivity index (χ4v) is 3.31. The monoisotopic (exact) mass is 398 g/mol. The van der Waals surface area contributed by atoms with Gasteiger partial charge in [-0.05, 0) is 41.8 Å². The molecule has 154 valence electrons. The van der Waals surface area contributed by atoms with Crippen molar-refractivity contribution in [1.82, 2.24) is 4.90 Å². The molecule has 2 aromatic carbocycles. The van der Waals surface area contributed by atoms with Gasteiger partial charge in [0.25, 0.3) is 0 Å². The van der Waals surface area contributed by atoms with Gasteiger partial charge in [0.15, 0.2) is 0 Å². The van der Waals surface area contributed by atoms with Crippen molar-refractivity contribution in [1.29, 1.82) is 0 Å². The van der Waals surface area contributed by atoms with Crippen molar-refractivity contribution in [2.24, 2.45) is 0 Å². The van der Waals surface area contributed by atoms with E-state index in [0.717, 1.165) is 5.69 Å². The van der Waals surface area contributed by atoms with Crippen LogP contribution in [-0.2, 0) is 4.79 Å². The first-order valence-electron chi connectivity index (χ1n) is 9.62. The number of likely N-dealkylation sites (tertiary alicyclic amines) is 1. The molecule has 1 aliphatic rings. The summed E-state index contributed by atoms with van der Waals surface area (Å²) in [5.74, 6) is -0.394. The molecule has 1 heterocycles. The summed E-state index contributed by atoms with van der Waals surface area (Å²) in [6, 6.07) is 13.9. The lowest BCUT2D eigenvalue weighted by atomic mass is 10.0. The van der Waals surface area contributed by atoms with Crippen LogP contribution in [-0.4, -0.2) is 58.8 Å². The van der Waals surface area contributed by atoms with Crippen molar-refractivity contribution in [2.75, 3.05) is 25.0 Å². The van der Waals surface area contributed by atoms with E-state index in [-0.39, 0.29) is 18.0 Å². The number of aliphatic hydroxyl groups is 1. The second-order valence-electron chi connectivity index (χ2n) is 7.58. The van der Waals surface area contributed by atoms with Gasteiger partial charge in [-0.25, -0.2) is 4.79 Å². The molecule has 0 aromatic heterocycles. The average Bonchev–Trinajstić information content (AvgIpc) is 3.01. The number of aliphatic hydroxyl groups excluding tert-OH is 1. The standard InChI is InChI=1S/C22H26N2O5/c1-14(2)15-6-8-17(9-7-15)23-21(26)13-24-11-19(25)20(12-24)29-18-5-3-4-16(10-18)22(27)28/h3-10,14,19-20,25H,11-13H2,1-2H3,(H,23,26)(H,27,28)/t19-,20-/m1/s1. The highest BCUT2D eigenvalue weighted by molar-refractivity contribution is 5.92. The molecule has 0 aliphatic carbocycles. The first-order chi connectivity index (χ1) is 13.8. The van der Waals surface area contributed by atoms with Gasteiger partial charge in [-0.1, -0.05) is 32.0 Å². The van der Waals surface area contributed by atoms with E-state index in [1.54, 1.807) is 12.1 Å². The normalized spacial score (nSPS) is 19.3. The van der Waals surface area contributed by atoms with E-state index in [0.29, 0.717) is 24.8 Å². The third-order valence-corrected chi connectivity index (χ3v) is 4.91. The molecular weight excluding hydrogens is 372 g/mol. The molecule has 0 saturated carbocycles. The van der Waals surface area contributed by atoms with Gasteiger partial charge < -0.3 is 20.3 Å². The Labute approximate surface area is 169 Å². The molecule has 2 aromatic rings. The van der Waals surface area contributed by atoms with E-state index in [1.807, 2.05) is 29.2 Å². The number of nitrogens with one attached hydrogen (secondary N) is 1. The maximum absolute atomic E-state index is 12.3. The summed E-state index contributed by atoms with van der Waals surface area (Å²) >= 11 is 0. The van der Waals surface area contributed by atoms with Crippen LogP contribution in [0.1, 0.15) is 35.7 Å². The molecular formula is C22H26N2O5. The third-order valence-electron chi connectivity index (χ3n) is 4.91. The zero-order valence-electron chi connectivity index (χ0n) is 16.5. The highest BCUT2D eigenvalue weighted by atomic mass is 16.5. The first-order valence-corrected chi connectivity index (χ1v) is 9.62. The number of anilines is 1. The van der Waals surface area contributed by atoms with Crippen molar-refractivity contribution >= 4 is 17.6 Å². The van der Waals surface area contributed by atoms with Gasteiger partial charge in [-0.3, -0.25) is 9.69 Å². The number of β-amino-alcohol motifs (C(OH)–C–C–N with tert-alkyl or cyclic N) is 1. The minimum atomic E-state index is -1.04. The molecule has 0 spiro atoms. The number of rotatable bonds is 7. The quantitative estimate of drug-likeness (QED) is 0.663. The summed E-state index contributed by atoms with van der Waals surface area (Å²) in [4.78, 5) is 25.2. The Morgan fingerprint density at radius 3 is 2.55 bits per heavy atom. The number of carboxylic acid groups (broad SMARTS) is 1. The number of carbonyl (C=O) groups excluding carboxylic acids is 1. The molecule has 1 amide bonds. The molecule has 0 bridgehead atoms. The third kappa shape index (κ3) is 5.56. The number of aromatic carboxylic acids is 1. The molecule has 7 nitrogen and oxygen atoms in total. The number of amides is 1. The molecule has 7 heteroatoms. The lowest BCUT2D eigenvalue weighted by Crippen LogP contribution is -2.33. The number of hydrogen-bond acceptors (Lipinski definition) is 5. The topological polar surface area (TPSA) is 99.1 Å². The fraction of sp³-hybridized carbons (Fsp3) is 0.364. The van der Waals surface area contributed by atoms with E-state index >= 15 is 0 Å². The maximum Gasteiger partial charge on any atom is 0.335 e. The highest BCUT2D eigenvalue weighted by Crippen LogP contribution is 2.21. The average molecular weight is 398 g/mol. The van der Waals surface area contributed by atoms with Crippen molar-refractivity contribution < 1.29 is 24.5 Å². The van der Waals surface area contributed by atoms with Gasteiger partial charge in [0.1, 0.15) is 18.0 Å². The number of carbonyl (C=O) groups is 2. The van der Waals surface area contributed by atoms with Crippen molar-refractivity contribution in [3.8, 4) is 5.75 Å². The Kier molecular flexibility index (Phi) is 6.51. The smallest absolute Gasteiger partial charge is 0.335 e. The number of nitrogens with zero attached hydrogens (tertiary/aromatic N) is 1. The van der Waals surface area contributed by atoms with E-state index in [4.69, 9.17) is 9.84 Å². The lowest BCUT2D eigenvalue weighted by Gasteiger charge is -2.17. The molecule has 3 N–H and O–H groups in total. The number of benzene rings is 2. The lowest BCUT2D eigenvalue weighted by molar-refractivity contribution is -0.117. The summed E-state index contributed by atoms with van der Waals surface area (Å²) in [6.07, 6.45) is -1.29. The largest absolute Gasteiger partial charge is 0.486 e. The van der Waals surface area contributed by atoms with E-state index in [2.05, 4.69) is 19.2 Å². The molecule has 0 unspecified atom stereocenters. The predicted octanol–water partition coefficient (Wildman–Crippen LogP) is 2.57. The number of hydrogen-bond donors (Lipinski definition) is 3. The molecule has 0 radical (unpaired) electrons. The predicted molar refractivity (Wildman–Crippen MR) is 109 cm³/mol. The molecule has 3 rings (SSSR count). The van der Waals surface area contributed by atoms with Crippen LogP contribution < -0.4 is 10.1 Å². The Bertz CT molecular complexity index is 866. The van der Waals surface area contributed by atoms with Crippen LogP contribution in [0, 0.1) is 0 Å². The molecule has 1 fully saturated rings. The van der Waals surface area contributed by atoms with Gasteiger partial charge in [-0.2, -0.15) is 0 Å². The van der Waals surface area contributed by atoms with Crippen LogP contribution in [0.2, 0.25) is 0 Å². The number of carboxylic acids is 1. The van der Waals surface area contributed by atoms with Gasteiger partial charge in [0.05, 0.1) is 12.1 Å². The molecule has 2 atom stereocenters. The minimum Gasteiger partial charge on any atom is -0.486 e. The summed E-state index contributed by atoms with van der Waals surface area (Å²) in [7, 11) is 0. The van der Waals surface area contributed by atoms with Crippen molar-refractivity contribution in [3.63, 3.8) is 0 Å². The van der Waals surface area contributed by atoms with Crippen molar-refractivity contribution in [2.45, 2.75) is 32.0 Å². The SMILES string of the molecule is CC(C)c1ccc(NC(=O)CN2C[C@@H](O)[C@H](Oc3cccc(C(=O)O)c3)C2)cc1. The van der Waals surface area contributed by atoms with Crippen LogP contribution in [0.3, 0.4) is 0 Å². The molecule has 29 heavy (non-hydrogen) atoms. The molecule has 1 saturated heterocycles. The second-order valence-corrected chi connectivity index (χ2v) is 7.58. The maximum atomic E-state index is 12.3. The van der Waals surface area contributed by atoms with Crippen molar-refractivity contribution in [3.05, 3.63) is 59.7 Å². The van der Waals surface area contributed by atoms with E-state index < -0.39 is 18.2 Å². The Morgan fingerprint density at radius 2 is 1.90 bits per heavy atom. The highest BCUT2D eigenvalue weighted by Gasteiger charge is 2.34. The zero-order valence-corrected chi connectivity index (χ0v) is 16.5. The van der Waals surface area contributed by atoms with Crippen LogP contribution in [0.15, 0.2) is 48.5 Å². The summed E-state index contributed by atoms with van der Waals surface area (Å²) in [6.45, 7) is 5.05. The second kappa shape index (κ2) is 9.07. The fourth-order valence-electron chi connectivity index (χ4n) is 3.31. The summed E-state index contributed by atoms with van der Waals surface area (Å²) < 4.78 is 5.76. The van der Waals surface area contributed by atoms with Gasteiger partial charge in [0, 0.05) is 18.8 Å². The summed E-state index contributed by atoms with van der Waals surface area (Å²) in [5.41, 5.74) is 2.06. The Balaban J connectivity index is 1.53.